The molecule has 1 atom stereocenters. The second-order valence-corrected chi connectivity index (χ2v) is 6.56. The number of fused-ring (bicyclic) bond motifs is 1. The number of pyridine rings is 1. The molecule has 0 aliphatic heterocycles. The topological polar surface area (TPSA) is 37.7 Å². The van der Waals surface area contributed by atoms with Gasteiger partial charge in [0.15, 0.2) is 0 Å². The molecule has 1 aliphatic carbocycles. The van der Waals surface area contributed by atoms with Crippen LogP contribution < -0.4 is 10.2 Å². The van der Waals surface area contributed by atoms with E-state index in [0.29, 0.717) is 11.3 Å². The van der Waals surface area contributed by atoms with Crippen LogP contribution >= 0.6 is 0 Å². The van der Waals surface area contributed by atoms with Crippen molar-refractivity contribution in [2.75, 3.05) is 13.6 Å². The van der Waals surface area contributed by atoms with E-state index in [1.54, 1.807) is 6.34 Å². The summed E-state index contributed by atoms with van der Waals surface area (Å²) >= 11 is 0. The number of aryl methyl sites for hydroxylation is 2. The lowest BCUT2D eigenvalue weighted by Gasteiger charge is -2.26. The van der Waals surface area contributed by atoms with Crippen LogP contribution in [0.5, 0.6) is 5.88 Å². The van der Waals surface area contributed by atoms with Crippen LogP contribution in [-0.2, 0) is 12.8 Å². The van der Waals surface area contributed by atoms with E-state index in [0.717, 1.165) is 37.2 Å². The number of aliphatic imine (C=N–C) groups is 1. The Morgan fingerprint density at radius 2 is 2.12 bits per heavy atom. The van der Waals surface area contributed by atoms with Crippen molar-refractivity contribution in [3.05, 3.63) is 47.2 Å². The molecule has 2 aromatic rings. The maximum atomic E-state index is 6.17. The number of hydrogen-bond acceptors (Lipinski definition) is 3. The SMILES string of the molecule is [B]c1cc(N=CN(C)CC)c(C)nc1OC1CCc2ccccc2C1. The Balaban J connectivity index is 1.73. The van der Waals surface area contributed by atoms with Gasteiger partial charge < -0.3 is 9.64 Å². The molecule has 0 saturated carbocycles. The van der Waals surface area contributed by atoms with Crippen LogP contribution in [0.2, 0.25) is 0 Å². The lowest BCUT2D eigenvalue weighted by molar-refractivity contribution is 0.179. The van der Waals surface area contributed by atoms with Crippen molar-refractivity contribution < 1.29 is 4.74 Å². The monoisotopic (exact) mass is 333 g/mol. The molecular weight excluding hydrogens is 309 g/mol. The van der Waals surface area contributed by atoms with Gasteiger partial charge in [0, 0.05) is 20.0 Å². The smallest absolute Gasteiger partial charge is 0.206 e. The van der Waals surface area contributed by atoms with Crippen molar-refractivity contribution >= 4 is 25.3 Å². The van der Waals surface area contributed by atoms with Crippen LogP contribution in [0.1, 0.15) is 30.2 Å². The first-order valence-electron chi connectivity index (χ1n) is 8.81. The molecule has 0 spiro atoms. The Kier molecular flexibility index (Phi) is 5.42. The zero-order valence-corrected chi connectivity index (χ0v) is 15.2. The van der Waals surface area contributed by atoms with Crippen molar-refractivity contribution in [1.82, 2.24) is 9.88 Å². The van der Waals surface area contributed by atoms with Gasteiger partial charge in [0.2, 0.25) is 5.88 Å². The van der Waals surface area contributed by atoms with Crippen molar-refractivity contribution in [2.45, 2.75) is 39.2 Å². The minimum atomic E-state index is 0.115. The molecule has 0 bridgehead atoms. The van der Waals surface area contributed by atoms with Crippen molar-refractivity contribution in [3.8, 4) is 5.88 Å². The summed E-state index contributed by atoms with van der Waals surface area (Å²) in [5.41, 5.74) is 4.91. The van der Waals surface area contributed by atoms with Crippen LogP contribution in [0.3, 0.4) is 0 Å². The van der Waals surface area contributed by atoms with E-state index in [1.165, 1.54) is 11.1 Å². The Morgan fingerprint density at radius 1 is 1.36 bits per heavy atom. The molecule has 0 N–H and O–H groups in total. The molecule has 1 unspecified atom stereocenters. The third kappa shape index (κ3) is 4.22. The Bertz CT molecular complexity index is 776. The molecule has 5 heteroatoms. The summed E-state index contributed by atoms with van der Waals surface area (Å²) in [6.07, 6.45) is 4.83. The first kappa shape index (κ1) is 17.5. The largest absolute Gasteiger partial charge is 0.474 e. The normalized spacial score (nSPS) is 16.7. The number of rotatable bonds is 5. The van der Waals surface area contributed by atoms with Gasteiger partial charge in [0.1, 0.15) is 14.0 Å². The number of hydrogen-bond donors (Lipinski definition) is 0. The Hall–Kier alpha value is -2.30. The molecule has 1 aliphatic rings. The van der Waals surface area contributed by atoms with Crippen LogP contribution in [0.15, 0.2) is 35.3 Å². The molecule has 0 amide bonds. The molecule has 1 heterocycles. The van der Waals surface area contributed by atoms with Crippen LogP contribution in [0, 0.1) is 6.92 Å². The molecule has 0 fully saturated rings. The summed E-state index contributed by atoms with van der Waals surface area (Å²) in [5.74, 6) is 0.518. The van der Waals surface area contributed by atoms with Gasteiger partial charge in [-0.15, -0.1) is 0 Å². The van der Waals surface area contributed by atoms with Gasteiger partial charge in [-0.3, -0.25) is 0 Å². The van der Waals surface area contributed by atoms with Crippen molar-refractivity contribution in [1.29, 1.82) is 0 Å². The molecule has 128 valence electrons. The van der Waals surface area contributed by atoms with E-state index in [1.807, 2.05) is 24.9 Å². The second-order valence-electron chi connectivity index (χ2n) is 6.56. The molecule has 25 heavy (non-hydrogen) atoms. The number of nitrogens with zero attached hydrogens (tertiary/aromatic N) is 3. The third-order valence-electron chi connectivity index (χ3n) is 4.65. The minimum Gasteiger partial charge on any atom is -0.474 e. The average molecular weight is 333 g/mol. The van der Waals surface area contributed by atoms with Gasteiger partial charge in [0.25, 0.3) is 0 Å². The predicted octanol–water partition coefficient (Wildman–Crippen LogP) is 2.73. The van der Waals surface area contributed by atoms with E-state index in [2.05, 4.69) is 41.2 Å². The standard InChI is InChI=1S/C20H24BN3O/c1-4-24(3)13-22-19-12-18(21)20(23-14(19)2)25-17-10-9-15-7-5-6-8-16(15)11-17/h5-8,12-13,17H,4,9-11H2,1-3H3. The Labute approximate surface area is 151 Å². The number of benzene rings is 1. The van der Waals surface area contributed by atoms with Gasteiger partial charge >= 0.3 is 0 Å². The minimum absolute atomic E-state index is 0.115. The fourth-order valence-corrected chi connectivity index (χ4v) is 2.98. The first-order valence-corrected chi connectivity index (χ1v) is 8.81. The van der Waals surface area contributed by atoms with Crippen molar-refractivity contribution in [3.63, 3.8) is 0 Å². The van der Waals surface area contributed by atoms with Gasteiger partial charge in [-0.2, -0.15) is 0 Å². The molecule has 4 nitrogen and oxygen atoms in total. The molecule has 1 aromatic carbocycles. The highest BCUT2D eigenvalue weighted by Crippen LogP contribution is 2.25. The predicted molar refractivity (Wildman–Crippen MR) is 104 cm³/mol. The van der Waals surface area contributed by atoms with Gasteiger partial charge in [-0.25, -0.2) is 9.98 Å². The first-order chi connectivity index (χ1) is 12.1. The van der Waals surface area contributed by atoms with Crippen LogP contribution in [0.4, 0.5) is 5.69 Å². The molecule has 3 rings (SSSR count). The van der Waals surface area contributed by atoms with E-state index < -0.39 is 0 Å². The van der Waals surface area contributed by atoms with E-state index in [9.17, 15) is 0 Å². The third-order valence-corrected chi connectivity index (χ3v) is 4.65. The molecule has 0 saturated heterocycles. The molecule has 1 aromatic heterocycles. The zero-order valence-electron chi connectivity index (χ0n) is 15.2. The summed E-state index contributed by atoms with van der Waals surface area (Å²) in [4.78, 5) is 11.0. The average Bonchev–Trinajstić information content (AvgIpc) is 2.63. The van der Waals surface area contributed by atoms with E-state index in [-0.39, 0.29) is 6.10 Å². The lowest BCUT2D eigenvalue weighted by atomic mass is 9.89. The highest BCUT2D eigenvalue weighted by molar-refractivity contribution is 6.34. The van der Waals surface area contributed by atoms with E-state index in [4.69, 9.17) is 12.6 Å². The summed E-state index contributed by atoms with van der Waals surface area (Å²) in [6, 6.07) is 10.4. The number of aromatic nitrogens is 1. The summed E-state index contributed by atoms with van der Waals surface area (Å²) in [5, 5.41) is 0. The lowest BCUT2D eigenvalue weighted by Crippen LogP contribution is -2.28. The Morgan fingerprint density at radius 3 is 2.88 bits per heavy atom. The quantitative estimate of drug-likeness (QED) is 0.480. The van der Waals surface area contributed by atoms with Crippen molar-refractivity contribution in [2.24, 2.45) is 4.99 Å². The second kappa shape index (κ2) is 7.73. The van der Waals surface area contributed by atoms with Gasteiger partial charge in [-0.05, 0) is 49.3 Å². The summed E-state index contributed by atoms with van der Waals surface area (Å²) in [7, 11) is 8.15. The maximum Gasteiger partial charge on any atom is 0.206 e. The van der Waals surface area contributed by atoms with Gasteiger partial charge in [-0.1, -0.05) is 24.3 Å². The zero-order chi connectivity index (χ0) is 17.8. The highest BCUT2D eigenvalue weighted by Gasteiger charge is 2.21. The summed E-state index contributed by atoms with van der Waals surface area (Å²) < 4.78 is 6.13. The van der Waals surface area contributed by atoms with Crippen LogP contribution in [-0.4, -0.2) is 43.8 Å². The maximum absolute atomic E-state index is 6.17. The summed E-state index contributed by atoms with van der Waals surface area (Å²) in [6.45, 7) is 4.90. The fourth-order valence-electron chi connectivity index (χ4n) is 2.98. The van der Waals surface area contributed by atoms with Crippen LogP contribution in [0.25, 0.3) is 0 Å². The van der Waals surface area contributed by atoms with Gasteiger partial charge in [0.05, 0.1) is 17.7 Å². The number of ether oxygens (including phenoxy) is 1. The highest BCUT2D eigenvalue weighted by atomic mass is 16.5. The molecule has 2 radical (unpaired) electrons. The molecular formula is C20H24BN3O. The fraction of sp³-hybridized carbons (Fsp3) is 0.400. The van der Waals surface area contributed by atoms with E-state index >= 15 is 0 Å².